The molecule has 0 N–H and O–H groups in total. The van der Waals surface area contributed by atoms with Gasteiger partial charge in [-0.15, -0.1) is 0 Å². The van der Waals surface area contributed by atoms with Crippen LogP contribution in [0.3, 0.4) is 0 Å². The van der Waals surface area contributed by atoms with Gasteiger partial charge in [0.2, 0.25) is 0 Å². The van der Waals surface area contributed by atoms with Gasteiger partial charge < -0.3 is 0 Å². The van der Waals surface area contributed by atoms with Crippen LogP contribution in [0.1, 0.15) is 39.5 Å². The lowest BCUT2D eigenvalue weighted by molar-refractivity contribution is -0.123. The van der Waals surface area contributed by atoms with Gasteiger partial charge in [0.15, 0.2) is 0 Å². The van der Waals surface area contributed by atoms with Gasteiger partial charge in [-0.05, 0) is 19.3 Å². The monoisotopic (exact) mass is 126 g/mol. The standard InChI is InChI=1S/C8H14O/c1-3-7(9)8(4-2)5-6-8/h3-6H2,1-2H3. The number of hydrogen-bond donors (Lipinski definition) is 0. The van der Waals surface area contributed by atoms with Crippen molar-refractivity contribution >= 4 is 5.78 Å². The van der Waals surface area contributed by atoms with Crippen molar-refractivity contribution in [3.63, 3.8) is 0 Å². The number of ketones is 1. The summed E-state index contributed by atoms with van der Waals surface area (Å²) in [4.78, 5) is 11.1. The van der Waals surface area contributed by atoms with Crippen molar-refractivity contribution in [2.45, 2.75) is 39.5 Å². The molecule has 52 valence electrons. The van der Waals surface area contributed by atoms with E-state index in [0.717, 1.165) is 25.7 Å². The van der Waals surface area contributed by atoms with Crippen molar-refractivity contribution in [2.75, 3.05) is 0 Å². The molecule has 1 aliphatic rings. The smallest absolute Gasteiger partial charge is 0.138 e. The summed E-state index contributed by atoms with van der Waals surface area (Å²) in [6.07, 6.45) is 4.08. The van der Waals surface area contributed by atoms with Gasteiger partial charge in [-0.25, -0.2) is 0 Å². The number of Topliss-reactive ketones (excluding diaryl/α,β-unsaturated/α-hetero) is 1. The van der Waals surface area contributed by atoms with Crippen LogP contribution in [-0.2, 0) is 4.79 Å². The largest absolute Gasteiger partial charge is 0.299 e. The summed E-state index contributed by atoms with van der Waals surface area (Å²) in [7, 11) is 0. The Hall–Kier alpha value is -0.330. The zero-order valence-corrected chi connectivity index (χ0v) is 6.24. The van der Waals surface area contributed by atoms with Crippen molar-refractivity contribution in [3.8, 4) is 0 Å². The SMILES string of the molecule is CCC(=O)C1(CC)CC1. The second-order valence-corrected chi connectivity index (χ2v) is 2.91. The molecule has 0 unspecified atom stereocenters. The van der Waals surface area contributed by atoms with Crippen LogP contribution in [0.4, 0.5) is 0 Å². The average Bonchev–Trinajstić information content (AvgIpc) is 2.66. The summed E-state index contributed by atoms with van der Waals surface area (Å²) >= 11 is 0. The molecule has 0 aromatic carbocycles. The van der Waals surface area contributed by atoms with Crippen LogP contribution in [0.15, 0.2) is 0 Å². The highest BCUT2D eigenvalue weighted by Gasteiger charge is 2.46. The Bertz CT molecular complexity index is 123. The minimum absolute atomic E-state index is 0.161. The number of rotatable bonds is 3. The van der Waals surface area contributed by atoms with Crippen molar-refractivity contribution in [3.05, 3.63) is 0 Å². The van der Waals surface area contributed by atoms with Crippen molar-refractivity contribution in [2.24, 2.45) is 5.41 Å². The predicted molar refractivity (Wildman–Crippen MR) is 37.3 cm³/mol. The molecule has 0 amide bonds. The van der Waals surface area contributed by atoms with E-state index in [9.17, 15) is 4.79 Å². The Morgan fingerprint density at radius 1 is 1.44 bits per heavy atom. The summed E-state index contributed by atoms with van der Waals surface area (Å²) in [6, 6.07) is 0. The molecule has 1 heteroatoms. The molecule has 0 spiro atoms. The predicted octanol–water partition coefficient (Wildman–Crippen LogP) is 2.16. The number of carbonyl (C=O) groups excluding carboxylic acids is 1. The Balaban J connectivity index is 2.49. The van der Waals surface area contributed by atoms with Crippen molar-refractivity contribution in [1.82, 2.24) is 0 Å². The van der Waals surface area contributed by atoms with Crippen molar-refractivity contribution < 1.29 is 4.79 Å². The molecule has 0 saturated heterocycles. The molecular weight excluding hydrogens is 112 g/mol. The normalized spacial score (nSPS) is 21.6. The summed E-state index contributed by atoms with van der Waals surface area (Å²) in [5.41, 5.74) is 0.161. The van der Waals surface area contributed by atoms with Crippen LogP contribution >= 0.6 is 0 Å². The van der Waals surface area contributed by atoms with E-state index in [-0.39, 0.29) is 5.41 Å². The van der Waals surface area contributed by atoms with Crippen LogP contribution in [-0.4, -0.2) is 5.78 Å². The zero-order chi connectivity index (χ0) is 6.91. The van der Waals surface area contributed by atoms with Gasteiger partial charge in [0.05, 0.1) is 0 Å². The maximum atomic E-state index is 11.1. The van der Waals surface area contributed by atoms with E-state index < -0.39 is 0 Å². The van der Waals surface area contributed by atoms with Crippen LogP contribution in [0.2, 0.25) is 0 Å². The second-order valence-electron chi connectivity index (χ2n) is 2.91. The first-order valence-electron chi connectivity index (χ1n) is 3.78. The summed E-state index contributed by atoms with van der Waals surface area (Å²) in [6.45, 7) is 4.07. The van der Waals surface area contributed by atoms with Crippen LogP contribution in [0.5, 0.6) is 0 Å². The lowest BCUT2D eigenvalue weighted by atomic mass is 9.96. The molecule has 0 radical (unpaired) electrons. The highest BCUT2D eigenvalue weighted by atomic mass is 16.1. The fourth-order valence-electron chi connectivity index (χ4n) is 1.36. The third kappa shape index (κ3) is 1.00. The van der Waals surface area contributed by atoms with E-state index in [1.165, 1.54) is 0 Å². The molecule has 1 rings (SSSR count). The fourth-order valence-corrected chi connectivity index (χ4v) is 1.36. The summed E-state index contributed by atoms with van der Waals surface area (Å²) < 4.78 is 0. The van der Waals surface area contributed by atoms with Crippen LogP contribution < -0.4 is 0 Å². The maximum absolute atomic E-state index is 11.1. The highest BCUT2D eigenvalue weighted by Crippen LogP contribution is 2.49. The molecule has 0 heterocycles. The number of carbonyl (C=O) groups is 1. The van der Waals surface area contributed by atoms with E-state index in [4.69, 9.17) is 0 Å². The maximum Gasteiger partial charge on any atom is 0.138 e. The van der Waals surface area contributed by atoms with Crippen LogP contribution in [0.25, 0.3) is 0 Å². The third-order valence-corrected chi connectivity index (χ3v) is 2.44. The molecule has 1 aliphatic carbocycles. The van der Waals surface area contributed by atoms with Gasteiger partial charge >= 0.3 is 0 Å². The minimum Gasteiger partial charge on any atom is -0.299 e. The minimum atomic E-state index is 0.161. The molecule has 0 bridgehead atoms. The van der Waals surface area contributed by atoms with E-state index in [1.807, 2.05) is 6.92 Å². The molecule has 0 aromatic rings. The zero-order valence-electron chi connectivity index (χ0n) is 6.24. The lowest BCUT2D eigenvalue weighted by Crippen LogP contribution is -2.12. The topological polar surface area (TPSA) is 17.1 Å². The average molecular weight is 126 g/mol. The lowest BCUT2D eigenvalue weighted by Gasteiger charge is -2.07. The fraction of sp³-hybridized carbons (Fsp3) is 0.875. The first-order valence-corrected chi connectivity index (χ1v) is 3.78. The molecular formula is C8H14O. The van der Waals surface area contributed by atoms with E-state index >= 15 is 0 Å². The molecule has 1 nitrogen and oxygen atoms in total. The molecule has 1 fully saturated rings. The quantitative estimate of drug-likeness (QED) is 0.566. The van der Waals surface area contributed by atoms with Gasteiger partial charge in [0, 0.05) is 11.8 Å². The number of hydrogen-bond acceptors (Lipinski definition) is 1. The molecule has 0 atom stereocenters. The van der Waals surface area contributed by atoms with E-state index in [2.05, 4.69) is 6.92 Å². The van der Waals surface area contributed by atoms with Gasteiger partial charge in [0.1, 0.15) is 5.78 Å². The highest BCUT2D eigenvalue weighted by molar-refractivity contribution is 5.86. The molecule has 1 saturated carbocycles. The van der Waals surface area contributed by atoms with Gasteiger partial charge in [-0.1, -0.05) is 13.8 Å². The third-order valence-electron chi connectivity index (χ3n) is 2.44. The molecule has 0 aliphatic heterocycles. The second kappa shape index (κ2) is 2.13. The van der Waals surface area contributed by atoms with Gasteiger partial charge in [-0.3, -0.25) is 4.79 Å². The molecule has 0 aromatic heterocycles. The van der Waals surface area contributed by atoms with E-state index in [1.54, 1.807) is 0 Å². The molecule has 9 heavy (non-hydrogen) atoms. The summed E-state index contributed by atoms with van der Waals surface area (Å²) in [5.74, 6) is 0.477. The first-order chi connectivity index (χ1) is 4.25. The summed E-state index contributed by atoms with van der Waals surface area (Å²) in [5, 5.41) is 0. The Kier molecular flexibility index (Phi) is 1.60. The Morgan fingerprint density at radius 3 is 2.11 bits per heavy atom. The van der Waals surface area contributed by atoms with Gasteiger partial charge in [-0.2, -0.15) is 0 Å². The Labute approximate surface area is 56.4 Å². The van der Waals surface area contributed by atoms with Crippen LogP contribution in [0, 0.1) is 5.41 Å². The van der Waals surface area contributed by atoms with Gasteiger partial charge in [0.25, 0.3) is 0 Å². The Morgan fingerprint density at radius 2 is 2.00 bits per heavy atom. The van der Waals surface area contributed by atoms with E-state index in [0.29, 0.717) is 5.78 Å². The first kappa shape index (κ1) is 6.79. The van der Waals surface area contributed by atoms with Crippen molar-refractivity contribution in [1.29, 1.82) is 0 Å².